The summed E-state index contributed by atoms with van der Waals surface area (Å²) < 4.78 is 4.73. The van der Waals surface area contributed by atoms with E-state index in [4.69, 9.17) is 4.74 Å². The first-order valence-electron chi connectivity index (χ1n) is 4.28. The van der Waals surface area contributed by atoms with Crippen molar-refractivity contribution in [2.24, 2.45) is 0 Å². The predicted octanol–water partition coefficient (Wildman–Crippen LogP) is 2.46. The Bertz CT molecular complexity index is 169. The molecule has 0 N–H and O–H groups in total. The summed E-state index contributed by atoms with van der Waals surface area (Å²) in [4.78, 5) is 10.8. The number of carbonyl (C=O) groups is 1. The highest BCUT2D eigenvalue weighted by Crippen LogP contribution is 1.89. The van der Waals surface area contributed by atoms with E-state index in [2.05, 4.69) is 6.92 Å². The zero-order valence-electron chi connectivity index (χ0n) is 7.75. The first-order chi connectivity index (χ1) is 5.81. The Kier molecular flexibility index (Phi) is 7.35. The van der Waals surface area contributed by atoms with Crippen LogP contribution in [-0.2, 0) is 9.53 Å². The third-order valence-electron chi connectivity index (χ3n) is 1.21. The van der Waals surface area contributed by atoms with Crippen LogP contribution in [-0.4, -0.2) is 12.6 Å². The third kappa shape index (κ3) is 7.06. The zero-order valence-corrected chi connectivity index (χ0v) is 7.75. The second-order valence-electron chi connectivity index (χ2n) is 2.27. The maximum atomic E-state index is 10.8. The SMILES string of the molecule is CCC=CC=CCC(=O)OCC. The maximum Gasteiger partial charge on any atom is 0.309 e. The van der Waals surface area contributed by atoms with Gasteiger partial charge in [-0.3, -0.25) is 4.79 Å². The molecule has 0 heterocycles. The highest BCUT2D eigenvalue weighted by Gasteiger charge is 1.94. The van der Waals surface area contributed by atoms with Crippen LogP contribution >= 0.6 is 0 Å². The molecule has 0 unspecified atom stereocenters. The van der Waals surface area contributed by atoms with Crippen LogP contribution in [0.15, 0.2) is 24.3 Å². The Labute approximate surface area is 73.9 Å². The fourth-order valence-electron chi connectivity index (χ4n) is 0.677. The van der Waals surface area contributed by atoms with Crippen LogP contribution in [0.2, 0.25) is 0 Å². The summed E-state index contributed by atoms with van der Waals surface area (Å²) in [5.41, 5.74) is 0. The van der Waals surface area contributed by atoms with Gasteiger partial charge in [0.25, 0.3) is 0 Å². The molecule has 0 aromatic heterocycles. The van der Waals surface area contributed by atoms with Gasteiger partial charge >= 0.3 is 5.97 Å². The summed E-state index contributed by atoms with van der Waals surface area (Å²) in [7, 11) is 0. The summed E-state index contributed by atoms with van der Waals surface area (Å²) >= 11 is 0. The predicted molar refractivity (Wildman–Crippen MR) is 49.8 cm³/mol. The molecule has 0 aromatic carbocycles. The van der Waals surface area contributed by atoms with Crippen LogP contribution in [0.4, 0.5) is 0 Å². The Balaban J connectivity index is 3.46. The standard InChI is InChI=1S/C10H16O2/c1-3-5-6-7-8-9-10(11)12-4-2/h5-8H,3-4,9H2,1-2H3. The molecule has 0 amide bonds. The maximum absolute atomic E-state index is 10.8. The molecule has 0 aliphatic rings. The highest BCUT2D eigenvalue weighted by molar-refractivity contribution is 5.71. The average molecular weight is 168 g/mol. The van der Waals surface area contributed by atoms with E-state index in [1.165, 1.54) is 0 Å². The summed E-state index contributed by atoms with van der Waals surface area (Å²) in [5, 5.41) is 0. The van der Waals surface area contributed by atoms with Gasteiger partial charge in [0.05, 0.1) is 13.0 Å². The lowest BCUT2D eigenvalue weighted by atomic mass is 10.3. The van der Waals surface area contributed by atoms with Gasteiger partial charge in [0, 0.05) is 0 Å². The second-order valence-corrected chi connectivity index (χ2v) is 2.27. The summed E-state index contributed by atoms with van der Waals surface area (Å²) in [6.07, 6.45) is 9.00. The first kappa shape index (κ1) is 11.0. The van der Waals surface area contributed by atoms with E-state index in [1.807, 2.05) is 18.2 Å². The fourth-order valence-corrected chi connectivity index (χ4v) is 0.677. The number of esters is 1. The van der Waals surface area contributed by atoms with Crippen LogP contribution in [0.1, 0.15) is 26.7 Å². The van der Waals surface area contributed by atoms with Gasteiger partial charge in [-0.15, -0.1) is 0 Å². The summed E-state index contributed by atoms with van der Waals surface area (Å²) in [5.74, 6) is -0.168. The molecule has 2 nitrogen and oxygen atoms in total. The molecule has 0 aromatic rings. The fraction of sp³-hybridized carbons (Fsp3) is 0.500. The van der Waals surface area contributed by atoms with Gasteiger partial charge in [0.15, 0.2) is 0 Å². The van der Waals surface area contributed by atoms with E-state index in [0.717, 1.165) is 6.42 Å². The van der Waals surface area contributed by atoms with Crippen molar-refractivity contribution in [2.45, 2.75) is 26.7 Å². The largest absolute Gasteiger partial charge is 0.466 e. The molecular formula is C10H16O2. The van der Waals surface area contributed by atoms with Crippen molar-refractivity contribution in [2.75, 3.05) is 6.61 Å². The second kappa shape index (κ2) is 8.05. The van der Waals surface area contributed by atoms with Gasteiger partial charge in [-0.2, -0.15) is 0 Å². The van der Waals surface area contributed by atoms with Gasteiger partial charge in [-0.1, -0.05) is 31.2 Å². The molecule has 0 fully saturated rings. The van der Waals surface area contributed by atoms with Crippen LogP contribution in [0.25, 0.3) is 0 Å². The summed E-state index contributed by atoms with van der Waals surface area (Å²) in [6.45, 7) is 4.33. The van der Waals surface area contributed by atoms with E-state index in [-0.39, 0.29) is 5.97 Å². The summed E-state index contributed by atoms with van der Waals surface area (Å²) in [6, 6.07) is 0. The number of rotatable bonds is 5. The molecule has 0 rings (SSSR count). The lowest BCUT2D eigenvalue weighted by Crippen LogP contribution is -2.01. The van der Waals surface area contributed by atoms with Crippen LogP contribution in [0, 0.1) is 0 Å². The van der Waals surface area contributed by atoms with Crippen molar-refractivity contribution in [1.29, 1.82) is 0 Å². The van der Waals surface area contributed by atoms with Crippen molar-refractivity contribution in [3.8, 4) is 0 Å². The van der Waals surface area contributed by atoms with Gasteiger partial charge in [0.2, 0.25) is 0 Å². The molecular weight excluding hydrogens is 152 g/mol. The van der Waals surface area contributed by atoms with Crippen molar-refractivity contribution < 1.29 is 9.53 Å². The number of hydrogen-bond donors (Lipinski definition) is 0. The molecule has 12 heavy (non-hydrogen) atoms. The molecule has 0 aliphatic carbocycles. The monoisotopic (exact) mass is 168 g/mol. The lowest BCUT2D eigenvalue weighted by Gasteiger charge is -1.95. The van der Waals surface area contributed by atoms with Crippen LogP contribution < -0.4 is 0 Å². The van der Waals surface area contributed by atoms with Gasteiger partial charge in [-0.25, -0.2) is 0 Å². The van der Waals surface area contributed by atoms with Crippen molar-refractivity contribution >= 4 is 5.97 Å². The highest BCUT2D eigenvalue weighted by atomic mass is 16.5. The minimum absolute atomic E-state index is 0.168. The van der Waals surface area contributed by atoms with Crippen LogP contribution in [0.3, 0.4) is 0 Å². The van der Waals surface area contributed by atoms with Crippen molar-refractivity contribution in [3.05, 3.63) is 24.3 Å². The van der Waals surface area contributed by atoms with Crippen molar-refractivity contribution in [1.82, 2.24) is 0 Å². The third-order valence-corrected chi connectivity index (χ3v) is 1.21. The quantitative estimate of drug-likeness (QED) is 0.465. The van der Waals surface area contributed by atoms with E-state index < -0.39 is 0 Å². The average Bonchev–Trinajstić information content (AvgIpc) is 2.05. The topological polar surface area (TPSA) is 26.3 Å². The Morgan fingerprint density at radius 1 is 1.25 bits per heavy atom. The smallest absolute Gasteiger partial charge is 0.309 e. The van der Waals surface area contributed by atoms with E-state index in [0.29, 0.717) is 13.0 Å². The Hall–Kier alpha value is -1.05. The lowest BCUT2D eigenvalue weighted by molar-refractivity contribution is -0.142. The normalized spacial score (nSPS) is 11.2. The molecule has 2 heteroatoms. The number of carbonyl (C=O) groups excluding carboxylic acids is 1. The van der Waals surface area contributed by atoms with E-state index in [1.54, 1.807) is 13.0 Å². The molecule has 0 radical (unpaired) electrons. The first-order valence-corrected chi connectivity index (χ1v) is 4.28. The van der Waals surface area contributed by atoms with E-state index in [9.17, 15) is 4.79 Å². The van der Waals surface area contributed by atoms with Crippen molar-refractivity contribution in [3.63, 3.8) is 0 Å². The van der Waals surface area contributed by atoms with Gasteiger partial charge < -0.3 is 4.74 Å². The molecule has 0 saturated carbocycles. The minimum atomic E-state index is -0.168. The van der Waals surface area contributed by atoms with E-state index >= 15 is 0 Å². The Morgan fingerprint density at radius 3 is 2.50 bits per heavy atom. The van der Waals surface area contributed by atoms with Gasteiger partial charge in [-0.05, 0) is 13.3 Å². The molecule has 0 atom stereocenters. The Morgan fingerprint density at radius 2 is 1.92 bits per heavy atom. The molecule has 68 valence electrons. The van der Waals surface area contributed by atoms with Gasteiger partial charge in [0.1, 0.15) is 0 Å². The zero-order chi connectivity index (χ0) is 9.23. The molecule has 0 saturated heterocycles. The number of hydrogen-bond acceptors (Lipinski definition) is 2. The molecule has 0 bridgehead atoms. The number of ether oxygens (including phenoxy) is 1. The number of allylic oxidation sites excluding steroid dienone is 3. The minimum Gasteiger partial charge on any atom is -0.466 e. The molecule has 0 aliphatic heterocycles. The molecule has 0 spiro atoms. The van der Waals surface area contributed by atoms with Crippen LogP contribution in [0.5, 0.6) is 0 Å².